The number of hydrogen-bond acceptors (Lipinski definition) is 5. The van der Waals surface area contributed by atoms with Crippen molar-refractivity contribution in [3.8, 4) is 6.01 Å². The number of hydrogen-bond donors (Lipinski definition) is 2. The van der Waals surface area contributed by atoms with E-state index in [1.807, 2.05) is 6.92 Å². The topological polar surface area (TPSA) is 76.1 Å². The van der Waals surface area contributed by atoms with E-state index >= 15 is 0 Å². The molecule has 0 saturated heterocycles. The first-order chi connectivity index (χ1) is 7.74. The fourth-order valence-electron chi connectivity index (χ4n) is 1.82. The van der Waals surface area contributed by atoms with E-state index in [1.165, 1.54) is 0 Å². The lowest BCUT2D eigenvalue weighted by atomic mass is 10.1. The van der Waals surface area contributed by atoms with Crippen LogP contribution < -0.4 is 5.32 Å². The lowest BCUT2D eigenvalue weighted by Gasteiger charge is -2.16. The Morgan fingerprint density at radius 2 is 2.50 bits per heavy atom. The predicted octanol–water partition coefficient (Wildman–Crippen LogP) is 0.305. The molecule has 2 aromatic heterocycles. The van der Waals surface area contributed by atoms with Crippen LogP contribution in [0.4, 0.5) is 0 Å². The Morgan fingerprint density at radius 3 is 3.19 bits per heavy atom. The maximum atomic E-state index is 9.76. The molecule has 3 heterocycles. The highest BCUT2D eigenvalue weighted by Crippen LogP contribution is 2.22. The minimum Gasteiger partial charge on any atom is -0.427 e. The highest BCUT2D eigenvalue weighted by Gasteiger charge is 2.22. The Morgan fingerprint density at radius 1 is 1.62 bits per heavy atom. The van der Waals surface area contributed by atoms with Gasteiger partial charge in [0.05, 0.1) is 18.0 Å². The number of rotatable bonds is 1. The summed E-state index contributed by atoms with van der Waals surface area (Å²) in [6, 6.07) is 0.430. The first-order valence-corrected chi connectivity index (χ1v) is 5.14. The molecule has 1 aliphatic rings. The molecule has 2 N–H and O–H groups in total. The third-order valence-electron chi connectivity index (χ3n) is 2.62. The zero-order chi connectivity index (χ0) is 11.1. The molecular weight excluding hydrogens is 208 g/mol. The number of β-amino-alcohol motifs (C(OH)–C–C–N with tert-alkyl or cyclic N) is 1. The molecule has 3 rings (SSSR count). The minimum absolute atomic E-state index is 0.430. The van der Waals surface area contributed by atoms with Gasteiger partial charge < -0.3 is 14.8 Å². The number of nitrogens with one attached hydrogen (secondary N) is 1. The van der Waals surface area contributed by atoms with Gasteiger partial charge in [-0.2, -0.15) is 14.8 Å². The number of aliphatic hydroxyl groups excluding tert-OH is 1. The smallest absolute Gasteiger partial charge is 0.322 e. The molecule has 16 heavy (non-hydrogen) atoms. The zero-order valence-electron chi connectivity index (χ0n) is 8.84. The first kappa shape index (κ1) is 9.56. The number of nitrogens with zero attached hydrogens (tertiary/aromatic N) is 3. The van der Waals surface area contributed by atoms with Gasteiger partial charge >= 0.3 is 6.01 Å². The largest absolute Gasteiger partial charge is 0.427 e. The first-order valence-electron chi connectivity index (χ1n) is 5.14. The number of aromatic nitrogens is 3. The zero-order valence-corrected chi connectivity index (χ0v) is 8.84. The van der Waals surface area contributed by atoms with Gasteiger partial charge in [-0.1, -0.05) is 0 Å². The standard InChI is InChI=1S/C10H12N4O2/c1-6-2-12-10(16-6)14-5-7-8(13-14)3-11-4-9(7)15/h2,5,9,11,15H,3-4H2,1H3. The lowest BCUT2D eigenvalue weighted by molar-refractivity contribution is 0.165. The van der Waals surface area contributed by atoms with Crippen LogP contribution in [0, 0.1) is 6.92 Å². The van der Waals surface area contributed by atoms with E-state index < -0.39 is 6.10 Å². The fraction of sp³-hybridized carbons (Fsp3) is 0.400. The highest BCUT2D eigenvalue weighted by atomic mass is 16.4. The molecule has 0 saturated carbocycles. The average Bonchev–Trinajstić information content (AvgIpc) is 2.84. The SMILES string of the molecule is Cc1cnc(-n2cc3c(n2)CNCC3O)o1. The summed E-state index contributed by atoms with van der Waals surface area (Å²) in [5.41, 5.74) is 1.68. The highest BCUT2D eigenvalue weighted by molar-refractivity contribution is 5.25. The minimum atomic E-state index is -0.506. The van der Waals surface area contributed by atoms with Crippen LogP contribution in [0.2, 0.25) is 0 Å². The van der Waals surface area contributed by atoms with Crippen molar-refractivity contribution in [1.29, 1.82) is 0 Å². The molecule has 0 amide bonds. The molecule has 1 aliphatic heterocycles. The van der Waals surface area contributed by atoms with E-state index in [-0.39, 0.29) is 0 Å². The predicted molar refractivity (Wildman–Crippen MR) is 55.0 cm³/mol. The van der Waals surface area contributed by atoms with E-state index in [0.717, 1.165) is 17.0 Å². The Labute approximate surface area is 91.9 Å². The molecule has 0 fully saturated rings. The Balaban J connectivity index is 2.04. The van der Waals surface area contributed by atoms with Gasteiger partial charge in [-0.25, -0.2) is 0 Å². The van der Waals surface area contributed by atoms with Crippen molar-refractivity contribution in [2.24, 2.45) is 0 Å². The summed E-state index contributed by atoms with van der Waals surface area (Å²) in [6.45, 7) is 3.05. The van der Waals surface area contributed by atoms with Gasteiger partial charge in [-0.15, -0.1) is 0 Å². The summed E-state index contributed by atoms with van der Waals surface area (Å²) in [7, 11) is 0. The monoisotopic (exact) mass is 220 g/mol. The number of oxazole rings is 1. The molecule has 6 heteroatoms. The van der Waals surface area contributed by atoms with Crippen molar-refractivity contribution in [1.82, 2.24) is 20.1 Å². The number of aliphatic hydroxyl groups is 1. The van der Waals surface area contributed by atoms with Gasteiger partial charge in [-0.3, -0.25) is 0 Å². The molecule has 0 aliphatic carbocycles. The van der Waals surface area contributed by atoms with Crippen LogP contribution >= 0.6 is 0 Å². The number of fused-ring (bicyclic) bond motifs is 1. The Hall–Kier alpha value is -1.66. The Bertz CT molecular complexity index is 517. The van der Waals surface area contributed by atoms with Crippen LogP contribution in [0.25, 0.3) is 6.01 Å². The average molecular weight is 220 g/mol. The number of aryl methyl sites for hydroxylation is 1. The van der Waals surface area contributed by atoms with Crippen LogP contribution in [0.1, 0.15) is 23.1 Å². The van der Waals surface area contributed by atoms with Gasteiger partial charge in [0.15, 0.2) is 0 Å². The van der Waals surface area contributed by atoms with Crippen molar-refractivity contribution in [2.75, 3.05) is 6.54 Å². The van der Waals surface area contributed by atoms with Crippen LogP contribution in [0.3, 0.4) is 0 Å². The van der Waals surface area contributed by atoms with E-state index in [0.29, 0.717) is 19.1 Å². The van der Waals surface area contributed by atoms with E-state index in [9.17, 15) is 5.11 Å². The second-order valence-electron chi connectivity index (χ2n) is 3.88. The summed E-state index contributed by atoms with van der Waals surface area (Å²) in [5, 5.41) is 17.2. The molecule has 0 aromatic carbocycles. The van der Waals surface area contributed by atoms with Crippen LogP contribution in [-0.2, 0) is 6.54 Å². The maximum Gasteiger partial charge on any atom is 0.322 e. The summed E-state index contributed by atoms with van der Waals surface area (Å²) in [6.07, 6.45) is 2.91. The third kappa shape index (κ3) is 1.43. The third-order valence-corrected chi connectivity index (χ3v) is 2.62. The fourth-order valence-corrected chi connectivity index (χ4v) is 1.82. The molecule has 0 spiro atoms. The second-order valence-corrected chi connectivity index (χ2v) is 3.88. The van der Waals surface area contributed by atoms with Crippen molar-refractivity contribution < 1.29 is 9.52 Å². The summed E-state index contributed by atoms with van der Waals surface area (Å²) < 4.78 is 6.93. The normalized spacial score (nSPS) is 19.8. The van der Waals surface area contributed by atoms with Gasteiger partial charge in [0.25, 0.3) is 0 Å². The van der Waals surface area contributed by atoms with Gasteiger partial charge in [-0.05, 0) is 6.92 Å². The van der Waals surface area contributed by atoms with E-state index in [4.69, 9.17) is 4.42 Å². The van der Waals surface area contributed by atoms with Crippen molar-refractivity contribution in [3.05, 3.63) is 29.4 Å². The molecule has 1 unspecified atom stereocenters. The maximum absolute atomic E-state index is 9.76. The van der Waals surface area contributed by atoms with Gasteiger partial charge in [0.1, 0.15) is 5.76 Å². The molecule has 2 aromatic rings. The van der Waals surface area contributed by atoms with E-state index in [1.54, 1.807) is 17.1 Å². The Kier molecular flexibility index (Phi) is 2.05. The lowest BCUT2D eigenvalue weighted by Crippen LogP contribution is -2.27. The van der Waals surface area contributed by atoms with Crippen LogP contribution in [0.5, 0.6) is 0 Å². The molecule has 1 atom stereocenters. The summed E-state index contributed by atoms with van der Waals surface area (Å²) in [5.74, 6) is 0.738. The van der Waals surface area contributed by atoms with Crippen LogP contribution in [0.15, 0.2) is 16.8 Å². The van der Waals surface area contributed by atoms with Crippen molar-refractivity contribution in [3.63, 3.8) is 0 Å². The van der Waals surface area contributed by atoms with E-state index in [2.05, 4.69) is 15.4 Å². The van der Waals surface area contributed by atoms with Crippen LogP contribution in [-0.4, -0.2) is 26.4 Å². The summed E-state index contributed by atoms with van der Waals surface area (Å²) in [4.78, 5) is 4.09. The summed E-state index contributed by atoms with van der Waals surface area (Å²) >= 11 is 0. The molecule has 6 nitrogen and oxygen atoms in total. The molecule has 84 valence electrons. The molecule has 0 bridgehead atoms. The van der Waals surface area contributed by atoms with Gasteiger partial charge in [0, 0.05) is 24.8 Å². The van der Waals surface area contributed by atoms with Gasteiger partial charge in [0.2, 0.25) is 0 Å². The quantitative estimate of drug-likeness (QED) is 0.723. The van der Waals surface area contributed by atoms with Crippen molar-refractivity contribution in [2.45, 2.75) is 19.6 Å². The molecule has 0 radical (unpaired) electrons. The molecular formula is C10H12N4O2. The van der Waals surface area contributed by atoms with Crippen molar-refractivity contribution >= 4 is 0 Å². The second kappa shape index (κ2) is 3.43.